The number of nitrogens with one attached hydrogen (secondary N) is 1. The molecule has 6 nitrogen and oxygen atoms in total. The third-order valence-corrected chi connectivity index (χ3v) is 4.39. The second kappa shape index (κ2) is 8.35. The average molecular weight is 371 g/mol. The van der Waals surface area contributed by atoms with Crippen molar-refractivity contribution in [2.75, 3.05) is 17.6 Å². The predicted octanol–water partition coefficient (Wildman–Crippen LogP) is 3.84. The molecule has 4 rings (SSSR count). The van der Waals surface area contributed by atoms with Crippen molar-refractivity contribution in [2.45, 2.75) is 13.0 Å². The lowest BCUT2D eigenvalue weighted by Gasteiger charge is -2.10. The minimum atomic E-state index is 0.504. The Bertz CT molecular complexity index is 1070. The zero-order valence-electron chi connectivity index (χ0n) is 15.4. The number of hydrogen-bond acceptors (Lipinski definition) is 6. The van der Waals surface area contributed by atoms with Crippen molar-refractivity contribution in [1.82, 2.24) is 15.0 Å². The van der Waals surface area contributed by atoms with Gasteiger partial charge in [0, 0.05) is 35.6 Å². The van der Waals surface area contributed by atoms with Gasteiger partial charge >= 0.3 is 0 Å². The highest BCUT2D eigenvalue weighted by Gasteiger charge is 2.04. The second-order valence-electron chi connectivity index (χ2n) is 6.47. The van der Waals surface area contributed by atoms with Gasteiger partial charge in [0.1, 0.15) is 24.5 Å². The number of anilines is 2. The smallest absolute Gasteiger partial charge is 0.137 e. The van der Waals surface area contributed by atoms with Crippen molar-refractivity contribution in [2.24, 2.45) is 0 Å². The minimum absolute atomic E-state index is 0.504. The number of fused-ring (bicyclic) bond motifs is 1. The fourth-order valence-corrected chi connectivity index (χ4v) is 2.98. The second-order valence-corrected chi connectivity index (χ2v) is 6.47. The maximum absolute atomic E-state index is 5.90. The first-order valence-electron chi connectivity index (χ1n) is 9.13. The van der Waals surface area contributed by atoms with Gasteiger partial charge in [0.05, 0.1) is 5.52 Å². The van der Waals surface area contributed by atoms with E-state index in [-0.39, 0.29) is 0 Å². The summed E-state index contributed by atoms with van der Waals surface area (Å²) >= 11 is 0. The van der Waals surface area contributed by atoms with E-state index in [1.165, 1.54) is 5.56 Å². The van der Waals surface area contributed by atoms with Crippen LogP contribution in [0.25, 0.3) is 10.9 Å². The fraction of sp³-hybridized carbons (Fsp3) is 0.136. The predicted molar refractivity (Wildman–Crippen MR) is 111 cm³/mol. The zero-order chi connectivity index (χ0) is 19.2. The number of aromatic nitrogens is 3. The van der Waals surface area contributed by atoms with Crippen LogP contribution in [0, 0.1) is 0 Å². The van der Waals surface area contributed by atoms with Crippen LogP contribution in [0.1, 0.15) is 11.1 Å². The van der Waals surface area contributed by atoms with E-state index in [1.807, 2.05) is 48.7 Å². The third kappa shape index (κ3) is 4.35. The highest BCUT2D eigenvalue weighted by Crippen LogP contribution is 2.22. The topological polar surface area (TPSA) is 86.0 Å². The van der Waals surface area contributed by atoms with E-state index in [0.29, 0.717) is 12.3 Å². The lowest BCUT2D eigenvalue weighted by molar-refractivity contribution is 0.305. The monoisotopic (exact) mass is 371 g/mol. The van der Waals surface area contributed by atoms with Crippen LogP contribution in [0.15, 0.2) is 73.3 Å². The van der Waals surface area contributed by atoms with Gasteiger partial charge < -0.3 is 15.8 Å². The Morgan fingerprint density at radius 3 is 2.79 bits per heavy atom. The van der Waals surface area contributed by atoms with Gasteiger partial charge in [-0.3, -0.25) is 4.98 Å². The Morgan fingerprint density at radius 1 is 0.964 bits per heavy atom. The van der Waals surface area contributed by atoms with Crippen LogP contribution >= 0.6 is 0 Å². The lowest BCUT2D eigenvalue weighted by Crippen LogP contribution is -2.07. The molecule has 28 heavy (non-hydrogen) atoms. The van der Waals surface area contributed by atoms with Gasteiger partial charge in [-0.1, -0.05) is 18.2 Å². The molecule has 2 heterocycles. The van der Waals surface area contributed by atoms with Crippen LogP contribution in [0.2, 0.25) is 0 Å². The number of ether oxygens (including phenoxy) is 1. The zero-order valence-corrected chi connectivity index (χ0v) is 15.4. The van der Waals surface area contributed by atoms with Crippen LogP contribution in [0.4, 0.5) is 11.5 Å². The van der Waals surface area contributed by atoms with Crippen LogP contribution in [0.3, 0.4) is 0 Å². The third-order valence-electron chi connectivity index (χ3n) is 4.39. The van der Waals surface area contributed by atoms with Crippen molar-refractivity contribution in [1.29, 1.82) is 0 Å². The standard InChI is InChI=1S/C22H21N5O/c23-18-6-7-21-20(12-18)22(27-15-26-21)25-10-8-16-3-1-5-19(11-16)28-14-17-4-2-9-24-13-17/h1-7,9,11-13,15H,8,10,14,23H2,(H,25,26,27). The van der Waals surface area contributed by atoms with E-state index < -0.39 is 0 Å². The number of nitrogen functional groups attached to an aromatic ring is 1. The van der Waals surface area contributed by atoms with E-state index in [2.05, 4.69) is 32.4 Å². The molecule has 0 radical (unpaired) electrons. The molecule has 0 bridgehead atoms. The Kier molecular flexibility index (Phi) is 5.29. The highest BCUT2D eigenvalue weighted by molar-refractivity contribution is 5.91. The van der Waals surface area contributed by atoms with Crippen molar-refractivity contribution in [3.8, 4) is 5.75 Å². The maximum Gasteiger partial charge on any atom is 0.137 e. The SMILES string of the molecule is Nc1ccc2ncnc(NCCc3cccc(OCc4cccnc4)c3)c2c1. The Hall–Kier alpha value is -3.67. The van der Waals surface area contributed by atoms with Crippen LogP contribution in [-0.4, -0.2) is 21.5 Å². The van der Waals surface area contributed by atoms with Gasteiger partial charge in [0.15, 0.2) is 0 Å². The number of nitrogens with zero attached hydrogens (tertiary/aromatic N) is 3. The first kappa shape index (κ1) is 17.7. The van der Waals surface area contributed by atoms with Gasteiger partial charge in [-0.2, -0.15) is 0 Å². The molecule has 6 heteroatoms. The average Bonchev–Trinajstić information content (AvgIpc) is 2.74. The molecule has 0 spiro atoms. The van der Waals surface area contributed by atoms with E-state index in [4.69, 9.17) is 10.5 Å². The maximum atomic E-state index is 5.90. The molecule has 2 aromatic heterocycles. The molecule has 0 aliphatic rings. The van der Waals surface area contributed by atoms with Crippen LogP contribution in [0.5, 0.6) is 5.75 Å². The van der Waals surface area contributed by atoms with E-state index >= 15 is 0 Å². The summed E-state index contributed by atoms with van der Waals surface area (Å²) in [6, 6.07) is 17.7. The summed E-state index contributed by atoms with van der Waals surface area (Å²) < 4.78 is 5.87. The lowest BCUT2D eigenvalue weighted by atomic mass is 10.1. The molecule has 0 saturated carbocycles. The molecular formula is C22H21N5O. The molecular weight excluding hydrogens is 350 g/mol. The first-order chi connectivity index (χ1) is 13.8. The largest absolute Gasteiger partial charge is 0.489 e. The molecule has 3 N–H and O–H groups in total. The Labute approximate surface area is 163 Å². The van der Waals surface area contributed by atoms with E-state index in [1.54, 1.807) is 12.5 Å². The minimum Gasteiger partial charge on any atom is -0.489 e. The summed E-state index contributed by atoms with van der Waals surface area (Å²) in [4.78, 5) is 12.7. The molecule has 140 valence electrons. The molecule has 0 atom stereocenters. The quantitative estimate of drug-likeness (QED) is 0.480. The van der Waals surface area contributed by atoms with E-state index in [0.717, 1.165) is 41.0 Å². The summed E-state index contributed by atoms with van der Waals surface area (Å²) in [5.41, 5.74) is 9.70. The number of benzene rings is 2. The molecule has 4 aromatic rings. The normalized spacial score (nSPS) is 10.7. The molecule has 0 fully saturated rings. The van der Waals surface area contributed by atoms with Gasteiger partial charge in [0.2, 0.25) is 0 Å². The van der Waals surface area contributed by atoms with Crippen molar-refractivity contribution >= 4 is 22.4 Å². The number of hydrogen-bond donors (Lipinski definition) is 2. The Morgan fingerprint density at radius 2 is 1.89 bits per heavy atom. The van der Waals surface area contributed by atoms with Gasteiger partial charge in [0.25, 0.3) is 0 Å². The van der Waals surface area contributed by atoms with Crippen molar-refractivity contribution in [3.63, 3.8) is 0 Å². The van der Waals surface area contributed by atoms with E-state index in [9.17, 15) is 0 Å². The number of rotatable bonds is 7. The molecule has 0 amide bonds. The summed E-state index contributed by atoms with van der Waals surface area (Å²) in [6.45, 7) is 1.25. The van der Waals surface area contributed by atoms with Crippen molar-refractivity contribution in [3.05, 3.63) is 84.4 Å². The number of nitrogens with two attached hydrogens (primary N) is 1. The summed E-state index contributed by atoms with van der Waals surface area (Å²) in [5.74, 6) is 1.64. The van der Waals surface area contributed by atoms with Crippen LogP contribution < -0.4 is 15.8 Å². The summed E-state index contributed by atoms with van der Waals surface area (Å²) in [5, 5.41) is 4.31. The summed E-state index contributed by atoms with van der Waals surface area (Å²) in [7, 11) is 0. The molecule has 0 aliphatic heterocycles. The van der Waals surface area contributed by atoms with Crippen molar-refractivity contribution < 1.29 is 4.74 Å². The molecule has 0 unspecified atom stereocenters. The van der Waals surface area contributed by atoms with Gasteiger partial charge in [-0.25, -0.2) is 9.97 Å². The molecule has 0 saturated heterocycles. The summed E-state index contributed by atoms with van der Waals surface area (Å²) in [6.07, 6.45) is 5.98. The van der Waals surface area contributed by atoms with Crippen LogP contribution in [-0.2, 0) is 13.0 Å². The number of pyridine rings is 1. The molecule has 2 aromatic carbocycles. The van der Waals surface area contributed by atoms with Gasteiger partial charge in [-0.05, 0) is 48.4 Å². The molecule has 0 aliphatic carbocycles. The Balaban J connectivity index is 1.37. The first-order valence-corrected chi connectivity index (χ1v) is 9.13. The fourth-order valence-electron chi connectivity index (χ4n) is 2.98. The highest BCUT2D eigenvalue weighted by atomic mass is 16.5. The van der Waals surface area contributed by atoms with Gasteiger partial charge in [-0.15, -0.1) is 0 Å².